The van der Waals surface area contributed by atoms with E-state index in [4.69, 9.17) is 10.5 Å². The third-order valence-corrected chi connectivity index (χ3v) is 2.77. The van der Waals surface area contributed by atoms with E-state index in [1.165, 1.54) is 32.2 Å². The van der Waals surface area contributed by atoms with Gasteiger partial charge in [0.2, 0.25) is 5.91 Å². The second-order valence-electron chi connectivity index (χ2n) is 4.38. The number of hydrogen-bond donors (Lipinski definition) is 2. The molecule has 0 saturated heterocycles. The van der Waals surface area contributed by atoms with Crippen molar-refractivity contribution in [3.05, 3.63) is 35.4 Å². The van der Waals surface area contributed by atoms with Crippen LogP contribution in [0.15, 0.2) is 24.3 Å². The highest BCUT2D eigenvalue weighted by atomic mass is 19.4. The Morgan fingerprint density at radius 3 is 2.55 bits per heavy atom. The van der Waals surface area contributed by atoms with Gasteiger partial charge in [0.1, 0.15) is 6.04 Å². The van der Waals surface area contributed by atoms with Gasteiger partial charge < -0.3 is 15.8 Å². The van der Waals surface area contributed by atoms with Crippen LogP contribution in [-0.2, 0) is 15.7 Å². The molecule has 0 radical (unpaired) electrons. The first-order valence-corrected chi connectivity index (χ1v) is 5.98. The summed E-state index contributed by atoms with van der Waals surface area (Å²) in [5.74, 6) is -0.559. The second kappa shape index (κ2) is 6.71. The summed E-state index contributed by atoms with van der Waals surface area (Å²) in [5.41, 5.74) is 4.75. The predicted octanol–water partition coefficient (Wildman–Crippen LogP) is 1.86. The molecule has 1 rings (SSSR count). The van der Waals surface area contributed by atoms with Crippen LogP contribution in [0.1, 0.15) is 24.1 Å². The summed E-state index contributed by atoms with van der Waals surface area (Å²) in [5, 5.41) is 2.45. The first-order chi connectivity index (χ1) is 9.27. The molecule has 0 aromatic heterocycles. The average Bonchev–Trinajstić information content (AvgIpc) is 2.37. The quantitative estimate of drug-likeness (QED) is 0.870. The van der Waals surface area contributed by atoms with Crippen molar-refractivity contribution in [1.29, 1.82) is 0 Å². The lowest BCUT2D eigenvalue weighted by molar-refractivity contribution is -0.138. The maximum Gasteiger partial charge on any atom is 0.416 e. The molecule has 2 unspecified atom stereocenters. The van der Waals surface area contributed by atoms with Crippen LogP contribution >= 0.6 is 0 Å². The maximum absolute atomic E-state index is 12.9. The van der Waals surface area contributed by atoms with Crippen molar-refractivity contribution < 1.29 is 22.7 Å². The monoisotopic (exact) mass is 290 g/mol. The summed E-state index contributed by atoms with van der Waals surface area (Å²) in [4.78, 5) is 11.7. The number of rotatable bonds is 5. The fraction of sp³-hybridized carbons (Fsp3) is 0.462. The molecule has 0 bridgehead atoms. The molecular formula is C13H17F3N2O2. The van der Waals surface area contributed by atoms with Crippen molar-refractivity contribution in [2.45, 2.75) is 25.2 Å². The first kappa shape index (κ1) is 16.5. The van der Waals surface area contributed by atoms with Crippen molar-refractivity contribution in [1.82, 2.24) is 5.32 Å². The van der Waals surface area contributed by atoms with Gasteiger partial charge in [0.25, 0.3) is 0 Å². The van der Waals surface area contributed by atoms with Crippen molar-refractivity contribution >= 4 is 5.91 Å². The molecule has 1 aromatic rings. The molecular weight excluding hydrogens is 273 g/mol. The number of methoxy groups -OCH3 is 1. The Balaban J connectivity index is 2.88. The largest absolute Gasteiger partial charge is 0.416 e. The summed E-state index contributed by atoms with van der Waals surface area (Å²) in [6.45, 7) is 1.47. The third-order valence-electron chi connectivity index (χ3n) is 2.77. The highest BCUT2D eigenvalue weighted by Gasteiger charge is 2.34. The smallest absolute Gasteiger partial charge is 0.383 e. The fourth-order valence-corrected chi connectivity index (χ4v) is 1.79. The van der Waals surface area contributed by atoms with E-state index < -0.39 is 29.7 Å². The van der Waals surface area contributed by atoms with Crippen molar-refractivity contribution in [3.63, 3.8) is 0 Å². The number of alkyl halides is 3. The number of carbonyl (C=O) groups is 1. The summed E-state index contributed by atoms with van der Waals surface area (Å²) < 4.78 is 43.3. The lowest BCUT2D eigenvalue weighted by atomic mass is 10.0. The normalized spacial score (nSPS) is 14.7. The van der Waals surface area contributed by atoms with Gasteiger partial charge in [-0.25, -0.2) is 0 Å². The van der Waals surface area contributed by atoms with Crippen LogP contribution < -0.4 is 11.1 Å². The molecule has 1 amide bonds. The number of hydrogen-bond acceptors (Lipinski definition) is 3. The Kier molecular flexibility index (Phi) is 5.52. The number of nitrogens with one attached hydrogen (secondary N) is 1. The molecule has 4 nitrogen and oxygen atoms in total. The van der Waals surface area contributed by atoms with Gasteiger partial charge in [0.05, 0.1) is 18.2 Å². The van der Waals surface area contributed by atoms with E-state index in [0.29, 0.717) is 0 Å². The summed E-state index contributed by atoms with van der Waals surface area (Å²) in [7, 11) is 1.38. The Hall–Kier alpha value is -1.60. The molecule has 20 heavy (non-hydrogen) atoms. The van der Waals surface area contributed by atoms with Gasteiger partial charge in [0.15, 0.2) is 0 Å². The van der Waals surface area contributed by atoms with Crippen LogP contribution in [0, 0.1) is 0 Å². The van der Waals surface area contributed by atoms with E-state index >= 15 is 0 Å². The fourth-order valence-electron chi connectivity index (χ4n) is 1.79. The van der Waals surface area contributed by atoms with Crippen LogP contribution in [0.2, 0.25) is 0 Å². The minimum Gasteiger partial charge on any atom is -0.383 e. The van der Waals surface area contributed by atoms with Crippen LogP contribution in [0.4, 0.5) is 13.2 Å². The van der Waals surface area contributed by atoms with Crippen molar-refractivity contribution in [2.75, 3.05) is 13.7 Å². The lowest BCUT2D eigenvalue weighted by Gasteiger charge is -2.21. The number of amides is 1. The van der Waals surface area contributed by atoms with E-state index in [0.717, 1.165) is 6.07 Å². The number of nitrogens with two attached hydrogens (primary N) is 1. The Bertz CT molecular complexity index is 463. The Labute approximate surface area is 115 Å². The van der Waals surface area contributed by atoms with E-state index in [-0.39, 0.29) is 12.2 Å². The van der Waals surface area contributed by atoms with Gasteiger partial charge in [-0.2, -0.15) is 13.2 Å². The standard InChI is InChI=1S/C13H17F3N2O2/c1-8(18-12(19)11(17)7-20-2)9-5-3-4-6-10(9)13(14,15)16/h3-6,8,11H,7,17H2,1-2H3,(H,18,19). The molecule has 3 N–H and O–H groups in total. The topological polar surface area (TPSA) is 64.3 Å². The van der Waals surface area contributed by atoms with E-state index in [1.807, 2.05) is 0 Å². The molecule has 0 aliphatic heterocycles. The Morgan fingerprint density at radius 1 is 1.40 bits per heavy atom. The zero-order valence-corrected chi connectivity index (χ0v) is 11.2. The highest BCUT2D eigenvalue weighted by Crippen LogP contribution is 2.34. The molecule has 0 heterocycles. The number of carbonyl (C=O) groups excluding carboxylic acids is 1. The highest BCUT2D eigenvalue weighted by molar-refractivity contribution is 5.82. The third kappa shape index (κ3) is 4.21. The Morgan fingerprint density at radius 2 is 2.00 bits per heavy atom. The number of benzene rings is 1. The minimum absolute atomic E-state index is 0.000525. The van der Waals surface area contributed by atoms with Crippen LogP contribution in [0.25, 0.3) is 0 Å². The average molecular weight is 290 g/mol. The van der Waals surface area contributed by atoms with E-state index in [2.05, 4.69) is 5.32 Å². The van der Waals surface area contributed by atoms with Crippen molar-refractivity contribution in [2.24, 2.45) is 5.73 Å². The predicted molar refractivity (Wildman–Crippen MR) is 67.9 cm³/mol. The van der Waals surface area contributed by atoms with Crippen LogP contribution in [0.3, 0.4) is 0 Å². The van der Waals surface area contributed by atoms with Gasteiger partial charge in [-0.3, -0.25) is 4.79 Å². The minimum atomic E-state index is -4.47. The SMILES string of the molecule is COCC(N)C(=O)NC(C)c1ccccc1C(F)(F)F. The lowest BCUT2D eigenvalue weighted by Crippen LogP contribution is -2.44. The van der Waals surface area contributed by atoms with Gasteiger partial charge in [-0.15, -0.1) is 0 Å². The molecule has 0 spiro atoms. The molecule has 112 valence electrons. The molecule has 2 atom stereocenters. The molecule has 0 aliphatic rings. The van der Waals surface area contributed by atoms with Gasteiger partial charge in [-0.1, -0.05) is 18.2 Å². The molecule has 0 aliphatic carbocycles. The second-order valence-corrected chi connectivity index (χ2v) is 4.38. The van der Waals surface area contributed by atoms with Crippen LogP contribution in [0.5, 0.6) is 0 Å². The molecule has 0 fully saturated rings. The molecule has 0 saturated carbocycles. The summed E-state index contributed by atoms with van der Waals surface area (Å²) in [6.07, 6.45) is -4.47. The zero-order valence-electron chi connectivity index (χ0n) is 11.2. The number of halogens is 3. The summed E-state index contributed by atoms with van der Waals surface area (Å²) in [6, 6.07) is 3.38. The zero-order chi connectivity index (χ0) is 15.3. The molecule has 1 aromatic carbocycles. The van der Waals surface area contributed by atoms with Gasteiger partial charge in [0, 0.05) is 7.11 Å². The van der Waals surface area contributed by atoms with E-state index in [1.54, 1.807) is 0 Å². The van der Waals surface area contributed by atoms with Gasteiger partial charge in [-0.05, 0) is 18.6 Å². The maximum atomic E-state index is 12.9. The summed E-state index contributed by atoms with van der Waals surface area (Å²) >= 11 is 0. The first-order valence-electron chi connectivity index (χ1n) is 5.98. The van der Waals surface area contributed by atoms with Gasteiger partial charge >= 0.3 is 6.18 Å². The van der Waals surface area contributed by atoms with Crippen molar-refractivity contribution in [3.8, 4) is 0 Å². The van der Waals surface area contributed by atoms with Crippen LogP contribution in [-0.4, -0.2) is 25.7 Å². The van der Waals surface area contributed by atoms with E-state index in [9.17, 15) is 18.0 Å². The number of ether oxygens (including phenoxy) is 1. The molecule has 7 heteroatoms.